The van der Waals surface area contributed by atoms with Gasteiger partial charge in [-0.1, -0.05) is 26.2 Å². The number of carbonyl (C=O) groups is 1. The SMILES string of the molecule is CCC1CCCCC1N1C(=O)C(C)NC1C. The third kappa shape index (κ3) is 1.97. The van der Waals surface area contributed by atoms with Crippen LogP contribution in [0.3, 0.4) is 0 Å². The predicted molar refractivity (Wildman–Crippen MR) is 64.9 cm³/mol. The predicted octanol–water partition coefficient (Wildman–Crippen LogP) is 2.12. The molecule has 1 aliphatic carbocycles. The van der Waals surface area contributed by atoms with Gasteiger partial charge in [0.05, 0.1) is 12.2 Å². The molecule has 1 aliphatic heterocycles. The normalized spacial score (nSPS) is 40.4. The molecule has 3 nitrogen and oxygen atoms in total. The van der Waals surface area contributed by atoms with Gasteiger partial charge in [0, 0.05) is 6.04 Å². The standard InChI is InChI=1S/C13H24N2O/c1-4-11-7-5-6-8-12(11)15-10(3)14-9(2)13(15)16/h9-12,14H,4-8H2,1-3H3. The number of carbonyl (C=O) groups excluding carboxylic acids is 1. The van der Waals surface area contributed by atoms with Gasteiger partial charge in [-0.05, 0) is 32.6 Å². The van der Waals surface area contributed by atoms with Crippen LogP contribution in [0.1, 0.15) is 52.9 Å². The molecular weight excluding hydrogens is 200 g/mol. The van der Waals surface area contributed by atoms with Gasteiger partial charge in [0.2, 0.25) is 5.91 Å². The van der Waals surface area contributed by atoms with E-state index in [1.54, 1.807) is 0 Å². The maximum Gasteiger partial charge on any atom is 0.240 e. The third-order valence-electron chi connectivity index (χ3n) is 4.28. The number of hydrogen-bond acceptors (Lipinski definition) is 2. The van der Waals surface area contributed by atoms with Crippen LogP contribution in [0.2, 0.25) is 0 Å². The molecule has 0 aromatic heterocycles. The van der Waals surface area contributed by atoms with Crippen LogP contribution in [0.25, 0.3) is 0 Å². The van der Waals surface area contributed by atoms with Gasteiger partial charge < -0.3 is 4.90 Å². The van der Waals surface area contributed by atoms with Crippen LogP contribution in [0, 0.1) is 5.92 Å². The molecule has 1 heterocycles. The van der Waals surface area contributed by atoms with E-state index in [9.17, 15) is 4.79 Å². The summed E-state index contributed by atoms with van der Waals surface area (Å²) in [5.41, 5.74) is 0. The minimum atomic E-state index is 0.00873. The van der Waals surface area contributed by atoms with Gasteiger partial charge in [-0.25, -0.2) is 0 Å². The van der Waals surface area contributed by atoms with Crippen LogP contribution < -0.4 is 5.32 Å². The van der Waals surface area contributed by atoms with Crippen molar-refractivity contribution in [3.63, 3.8) is 0 Å². The topological polar surface area (TPSA) is 32.3 Å². The summed E-state index contributed by atoms with van der Waals surface area (Å²) < 4.78 is 0. The van der Waals surface area contributed by atoms with Crippen molar-refractivity contribution >= 4 is 5.91 Å². The van der Waals surface area contributed by atoms with E-state index >= 15 is 0 Å². The Morgan fingerprint density at radius 1 is 1.31 bits per heavy atom. The molecule has 16 heavy (non-hydrogen) atoms. The van der Waals surface area contributed by atoms with E-state index in [1.165, 1.54) is 32.1 Å². The molecule has 0 spiro atoms. The maximum absolute atomic E-state index is 12.1. The largest absolute Gasteiger partial charge is 0.323 e. The van der Waals surface area contributed by atoms with E-state index < -0.39 is 0 Å². The van der Waals surface area contributed by atoms with Crippen LogP contribution in [0.15, 0.2) is 0 Å². The van der Waals surface area contributed by atoms with Crippen LogP contribution in [-0.2, 0) is 4.79 Å². The molecule has 0 radical (unpaired) electrons. The van der Waals surface area contributed by atoms with Crippen LogP contribution in [0.5, 0.6) is 0 Å². The Labute approximate surface area is 98.6 Å². The Morgan fingerprint density at radius 3 is 2.56 bits per heavy atom. The summed E-state index contributed by atoms with van der Waals surface area (Å²) in [6, 6.07) is 0.494. The first-order valence-corrected chi connectivity index (χ1v) is 6.73. The number of amides is 1. The van der Waals surface area contributed by atoms with Crippen molar-refractivity contribution < 1.29 is 4.79 Å². The lowest BCUT2D eigenvalue weighted by atomic mass is 9.82. The van der Waals surface area contributed by atoms with E-state index in [0.717, 1.165) is 0 Å². The summed E-state index contributed by atoms with van der Waals surface area (Å²) in [6.07, 6.45) is 6.55. The van der Waals surface area contributed by atoms with Gasteiger partial charge in [0.15, 0.2) is 0 Å². The molecule has 0 aromatic carbocycles. The van der Waals surface area contributed by atoms with Crippen molar-refractivity contribution in [2.24, 2.45) is 5.92 Å². The van der Waals surface area contributed by atoms with E-state index in [4.69, 9.17) is 0 Å². The van der Waals surface area contributed by atoms with Crippen molar-refractivity contribution in [3.8, 4) is 0 Å². The average molecular weight is 224 g/mol. The molecule has 1 saturated heterocycles. The fourth-order valence-electron chi connectivity index (χ4n) is 3.41. The quantitative estimate of drug-likeness (QED) is 0.779. The zero-order valence-electron chi connectivity index (χ0n) is 10.7. The molecule has 92 valence electrons. The highest BCUT2D eigenvalue weighted by Crippen LogP contribution is 2.33. The molecule has 1 N–H and O–H groups in total. The molecule has 1 amide bonds. The fourth-order valence-corrected chi connectivity index (χ4v) is 3.41. The first kappa shape index (κ1) is 11.9. The Kier molecular flexibility index (Phi) is 3.53. The third-order valence-corrected chi connectivity index (χ3v) is 4.28. The highest BCUT2D eigenvalue weighted by molar-refractivity contribution is 5.84. The summed E-state index contributed by atoms with van der Waals surface area (Å²) in [7, 11) is 0. The molecule has 4 unspecified atom stereocenters. The zero-order valence-corrected chi connectivity index (χ0v) is 10.7. The van der Waals surface area contributed by atoms with Crippen molar-refractivity contribution in [1.29, 1.82) is 0 Å². The van der Waals surface area contributed by atoms with Gasteiger partial charge >= 0.3 is 0 Å². The van der Waals surface area contributed by atoms with Crippen molar-refractivity contribution in [3.05, 3.63) is 0 Å². The van der Waals surface area contributed by atoms with E-state index in [1.807, 2.05) is 6.92 Å². The zero-order chi connectivity index (χ0) is 11.7. The number of hydrogen-bond donors (Lipinski definition) is 1. The highest BCUT2D eigenvalue weighted by Gasteiger charge is 2.41. The summed E-state index contributed by atoms with van der Waals surface area (Å²) in [5.74, 6) is 1.02. The van der Waals surface area contributed by atoms with Gasteiger partial charge in [-0.3, -0.25) is 10.1 Å². The maximum atomic E-state index is 12.1. The Morgan fingerprint density at radius 2 is 2.00 bits per heavy atom. The van der Waals surface area contributed by atoms with Crippen LogP contribution >= 0.6 is 0 Å². The molecule has 3 heteroatoms. The van der Waals surface area contributed by atoms with E-state index in [2.05, 4.69) is 24.1 Å². The minimum Gasteiger partial charge on any atom is -0.323 e. The monoisotopic (exact) mass is 224 g/mol. The average Bonchev–Trinajstić information content (AvgIpc) is 2.53. The molecule has 2 rings (SSSR count). The summed E-state index contributed by atoms with van der Waals surface area (Å²) in [6.45, 7) is 6.34. The first-order chi connectivity index (χ1) is 7.65. The van der Waals surface area contributed by atoms with Crippen LogP contribution in [0.4, 0.5) is 0 Å². The summed E-state index contributed by atoms with van der Waals surface area (Å²) in [5, 5.41) is 3.33. The van der Waals surface area contributed by atoms with Crippen LogP contribution in [-0.4, -0.2) is 29.1 Å². The van der Waals surface area contributed by atoms with E-state index in [0.29, 0.717) is 17.9 Å². The Balaban J connectivity index is 2.12. The molecule has 2 aliphatic rings. The second-order valence-electron chi connectivity index (χ2n) is 5.33. The van der Waals surface area contributed by atoms with Gasteiger partial charge in [-0.2, -0.15) is 0 Å². The summed E-state index contributed by atoms with van der Waals surface area (Å²) >= 11 is 0. The lowest BCUT2D eigenvalue weighted by molar-refractivity contribution is -0.133. The fraction of sp³-hybridized carbons (Fsp3) is 0.923. The molecular formula is C13H24N2O. The number of nitrogens with one attached hydrogen (secondary N) is 1. The van der Waals surface area contributed by atoms with E-state index in [-0.39, 0.29) is 12.2 Å². The Bertz CT molecular complexity index is 267. The second-order valence-corrected chi connectivity index (χ2v) is 5.33. The number of nitrogens with zero attached hydrogens (tertiary/aromatic N) is 1. The Hall–Kier alpha value is -0.570. The smallest absolute Gasteiger partial charge is 0.240 e. The molecule has 4 atom stereocenters. The number of rotatable bonds is 2. The molecule has 0 aromatic rings. The van der Waals surface area contributed by atoms with Crippen molar-refractivity contribution in [1.82, 2.24) is 10.2 Å². The first-order valence-electron chi connectivity index (χ1n) is 6.73. The molecule has 0 bridgehead atoms. The minimum absolute atomic E-state index is 0.00873. The molecule has 1 saturated carbocycles. The van der Waals surface area contributed by atoms with Crippen molar-refractivity contribution in [2.75, 3.05) is 0 Å². The van der Waals surface area contributed by atoms with Gasteiger partial charge in [-0.15, -0.1) is 0 Å². The summed E-state index contributed by atoms with van der Waals surface area (Å²) in [4.78, 5) is 14.3. The highest BCUT2D eigenvalue weighted by atomic mass is 16.2. The molecule has 2 fully saturated rings. The van der Waals surface area contributed by atoms with Crippen molar-refractivity contribution in [2.45, 2.75) is 71.1 Å². The van der Waals surface area contributed by atoms with Gasteiger partial charge in [0.25, 0.3) is 0 Å². The van der Waals surface area contributed by atoms with Gasteiger partial charge in [0.1, 0.15) is 0 Å². The lowest BCUT2D eigenvalue weighted by Crippen LogP contribution is -2.48. The lowest BCUT2D eigenvalue weighted by Gasteiger charge is -2.39. The second kappa shape index (κ2) is 4.74.